The smallest absolute Gasteiger partial charge is 0.0143 e. The van der Waals surface area contributed by atoms with E-state index in [4.69, 9.17) is 0 Å². The summed E-state index contributed by atoms with van der Waals surface area (Å²) >= 11 is 3.62. The molecule has 0 bridgehead atoms. The predicted octanol–water partition coefficient (Wildman–Crippen LogP) is 3.60. The topological polar surface area (TPSA) is 0 Å². The first-order valence-corrected chi connectivity index (χ1v) is 5.25. The molecule has 0 aromatic carbocycles. The molecule has 1 rings (SSSR count). The first-order chi connectivity index (χ1) is 4.70. The Morgan fingerprint density at radius 3 is 2.30 bits per heavy atom. The van der Waals surface area contributed by atoms with Gasteiger partial charge in [0, 0.05) is 4.83 Å². The van der Waals surface area contributed by atoms with E-state index in [0.29, 0.717) is 4.83 Å². The lowest BCUT2D eigenvalue weighted by atomic mass is 9.79. The summed E-state index contributed by atoms with van der Waals surface area (Å²) < 4.78 is 0. The highest BCUT2D eigenvalue weighted by atomic mass is 79.9. The molecule has 0 saturated heterocycles. The van der Waals surface area contributed by atoms with E-state index in [2.05, 4.69) is 29.8 Å². The Bertz CT molecular complexity index is 94.9. The molecule has 0 heterocycles. The molecule has 0 aromatic heterocycles. The lowest BCUT2D eigenvalue weighted by molar-refractivity contribution is 0.257. The number of hydrogen-bond acceptors (Lipinski definition) is 0. The van der Waals surface area contributed by atoms with Crippen molar-refractivity contribution in [3.8, 4) is 0 Å². The van der Waals surface area contributed by atoms with Crippen LogP contribution in [0.3, 0.4) is 0 Å². The average molecular weight is 205 g/mol. The van der Waals surface area contributed by atoms with Gasteiger partial charge in [-0.1, -0.05) is 49.0 Å². The van der Waals surface area contributed by atoms with E-state index >= 15 is 0 Å². The minimum Gasteiger partial charge on any atom is -0.0891 e. The summed E-state index contributed by atoms with van der Waals surface area (Å²) in [4.78, 5) is 0.702. The van der Waals surface area contributed by atoms with Gasteiger partial charge in [-0.05, 0) is 18.3 Å². The zero-order valence-corrected chi connectivity index (χ0v) is 8.52. The van der Waals surface area contributed by atoms with Gasteiger partial charge in [-0.25, -0.2) is 0 Å². The van der Waals surface area contributed by atoms with Gasteiger partial charge >= 0.3 is 0 Å². The molecule has 0 radical (unpaired) electrons. The van der Waals surface area contributed by atoms with Crippen LogP contribution in [0.5, 0.6) is 0 Å². The minimum atomic E-state index is 0.702. The van der Waals surface area contributed by atoms with Crippen molar-refractivity contribution in [3.05, 3.63) is 0 Å². The molecule has 1 aliphatic carbocycles. The van der Waals surface area contributed by atoms with E-state index in [1.807, 2.05) is 0 Å². The Hall–Kier alpha value is 0.480. The standard InChI is InChI=1S/C9H17Br/c1-7(8(2)10)6-9-4-3-5-9/h7-9H,3-6H2,1-2H3. The molecule has 1 fully saturated rings. The summed E-state index contributed by atoms with van der Waals surface area (Å²) in [6, 6.07) is 0. The van der Waals surface area contributed by atoms with Gasteiger partial charge in [-0.15, -0.1) is 0 Å². The monoisotopic (exact) mass is 204 g/mol. The van der Waals surface area contributed by atoms with Gasteiger partial charge in [0.15, 0.2) is 0 Å². The van der Waals surface area contributed by atoms with Crippen molar-refractivity contribution < 1.29 is 0 Å². The molecule has 0 amide bonds. The summed E-state index contributed by atoms with van der Waals surface area (Å²) in [5.41, 5.74) is 0. The highest BCUT2D eigenvalue weighted by molar-refractivity contribution is 9.09. The Morgan fingerprint density at radius 1 is 1.40 bits per heavy atom. The molecule has 2 unspecified atom stereocenters. The fourth-order valence-corrected chi connectivity index (χ4v) is 1.66. The third kappa shape index (κ3) is 2.26. The van der Waals surface area contributed by atoms with Crippen molar-refractivity contribution in [2.75, 3.05) is 0 Å². The van der Waals surface area contributed by atoms with E-state index in [9.17, 15) is 0 Å². The molecular formula is C9H17Br. The lowest BCUT2D eigenvalue weighted by Crippen LogP contribution is -2.18. The molecule has 0 N–H and O–H groups in total. The second-order valence-electron chi connectivity index (χ2n) is 3.69. The van der Waals surface area contributed by atoms with Crippen molar-refractivity contribution in [3.63, 3.8) is 0 Å². The zero-order valence-electron chi connectivity index (χ0n) is 6.94. The first kappa shape index (κ1) is 8.58. The summed E-state index contributed by atoms with van der Waals surface area (Å²) in [5.74, 6) is 1.93. The van der Waals surface area contributed by atoms with E-state index < -0.39 is 0 Å². The van der Waals surface area contributed by atoms with E-state index in [0.717, 1.165) is 11.8 Å². The highest BCUT2D eigenvalue weighted by Gasteiger charge is 2.21. The van der Waals surface area contributed by atoms with Gasteiger partial charge in [0.05, 0.1) is 0 Å². The van der Waals surface area contributed by atoms with Crippen LogP contribution >= 0.6 is 15.9 Å². The first-order valence-electron chi connectivity index (χ1n) is 4.34. The second kappa shape index (κ2) is 3.75. The number of rotatable bonds is 3. The van der Waals surface area contributed by atoms with Crippen LogP contribution in [0.15, 0.2) is 0 Å². The third-order valence-electron chi connectivity index (χ3n) is 2.71. The van der Waals surface area contributed by atoms with E-state index in [1.54, 1.807) is 0 Å². The molecule has 1 saturated carbocycles. The molecule has 0 aromatic rings. The van der Waals surface area contributed by atoms with Crippen molar-refractivity contribution in [2.45, 2.75) is 44.4 Å². The third-order valence-corrected chi connectivity index (χ3v) is 3.62. The largest absolute Gasteiger partial charge is 0.0891 e. The molecule has 1 heteroatoms. The summed E-state index contributed by atoms with van der Waals surface area (Å²) in [6.45, 7) is 4.60. The van der Waals surface area contributed by atoms with Crippen LogP contribution in [0, 0.1) is 11.8 Å². The van der Waals surface area contributed by atoms with Crippen LogP contribution in [-0.2, 0) is 0 Å². The van der Waals surface area contributed by atoms with Crippen LogP contribution in [0.1, 0.15) is 39.5 Å². The Balaban J connectivity index is 2.10. The van der Waals surface area contributed by atoms with Crippen LogP contribution in [0.2, 0.25) is 0 Å². The maximum absolute atomic E-state index is 3.62. The lowest BCUT2D eigenvalue weighted by Gasteiger charge is -2.29. The van der Waals surface area contributed by atoms with Crippen LogP contribution in [0.25, 0.3) is 0 Å². The quantitative estimate of drug-likeness (QED) is 0.617. The van der Waals surface area contributed by atoms with Gasteiger partial charge < -0.3 is 0 Å². The maximum Gasteiger partial charge on any atom is 0.0143 e. The Kier molecular flexibility index (Phi) is 3.22. The second-order valence-corrected chi connectivity index (χ2v) is 5.13. The normalized spacial score (nSPS) is 25.5. The summed E-state index contributed by atoms with van der Waals surface area (Å²) in [7, 11) is 0. The molecule has 10 heavy (non-hydrogen) atoms. The molecule has 60 valence electrons. The SMILES string of the molecule is CC(Br)C(C)CC1CCC1. The van der Waals surface area contributed by atoms with E-state index in [1.165, 1.54) is 25.7 Å². The minimum absolute atomic E-state index is 0.702. The van der Waals surface area contributed by atoms with Crippen molar-refractivity contribution >= 4 is 15.9 Å². The van der Waals surface area contributed by atoms with Gasteiger partial charge in [-0.3, -0.25) is 0 Å². The van der Waals surface area contributed by atoms with Gasteiger partial charge in [0.1, 0.15) is 0 Å². The van der Waals surface area contributed by atoms with Crippen LogP contribution < -0.4 is 0 Å². The molecule has 2 atom stereocenters. The van der Waals surface area contributed by atoms with Crippen LogP contribution in [0.4, 0.5) is 0 Å². The van der Waals surface area contributed by atoms with Crippen molar-refractivity contribution in [2.24, 2.45) is 11.8 Å². The number of hydrogen-bond donors (Lipinski definition) is 0. The average Bonchev–Trinajstić information content (AvgIpc) is 1.77. The summed E-state index contributed by atoms with van der Waals surface area (Å²) in [6.07, 6.45) is 5.90. The van der Waals surface area contributed by atoms with Crippen molar-refractivity contribution in [1.29, 1.82) is 0 Å². The molecule has 0 spiro atoms. The van der Waals surface area contributed by atoms with E-state index in [-0.39, 0.29) is 0 Å². The predicted molar refractivity (Wildman–Crippen MR) is 49.5 cm³/mol. The van der Waals surface area contributed by atoms with Crippen LogP contribution in [-0.4, -0.2) is 4.83 Å². The van der Waals surface area contributed by atoms with Gasteiger partial charge in [0.2, 0.25) is 0 Å². The zero-order chi connectivity index (χ0) is 7.56. The Morgan fingerprint density at radius 2 is 2.00 bits per heavy atom. The Labute approximate surface area is 72.5 Å². The van der Waals surface area contributed by atoms with Crippen molar-refractivity contribution in [1.82, 2.24) is 0 Å². The number of alkyl halides is 1. The number of halogens is 1. The molecular weight excluding hydrogens is 188 g/mol. The fourth-order valence-electron chi connectivity index (χ4n) is 1.44. The summed E-state index contributed by atoms with van der Waals surface area (Å²) in [5, 5.41) is 0. The van der Waals surface area contributed by atoms with Gasteiger partial charge in [0.25, 0.3) is 0 Å². The molecule has 0 nitrogen and oxygen atoms in total. The van der Waals surface area contributed by atoms with Gasteiger partial charge in [-0.2, -0.15) is 0 Å². The maximum atomic E-state index is 3.62. The highest BCUT2D eigenvalue weighted by Crippen LogP contribution is 2.34. The fraction of sp³-hybridized carbons (Fsp3) is 1.00. The molecule has 0 aliphatic heterocycles. The molecule has 1 aliphatic rings.